The van der Waals surface area contributed by atoms with Crippen molar-refractivity contribution in [1.82, 2.24) is 5.32 Å². The topological polar surface area (TPSA) is 67.2 Å². The molecule has 0 aliphatic carbocycles. The van der Waals surface area contributed by atoms with Crippen LogP contribution in [0.25, 0.3) is 0 Å². The molecule has 0 radical (unpaired) electrons. The Labute approximate surface area is 112 Å². The van der Waals surface area contributed by atoms with Gasteiger partial charge in [0.15, 0.2) is 0 Å². The second-order valence-electron chi connectivity index (χ2n) is 4.63. The Balaban J connectivity index is 1.93. The highest BCUT2D eigenvalue weighted by atomic mass is 35.5. The minimum absolute atomic E-state index is 0.365. The Morgan fingerprint density at radius 1 is 1.44 bits per heavy atom. The largest absolute Gasteiger partial charge is 0.385 e. The van der Waals surface area contributed by atoms with Crippen LogP contribution in [0.15, 0.2) is 18.2 Å². The van der Waals surface area contributed by atoms with E-state index >= 15 is 0 Å². The monoisotopic (exact) mass is 267 g/mol. The third-order valence-electron chi connectivity index (χ3n) is 3.29. The van der Waals surface area contributed by atoms with Crippen LogP contribution in [-0.2, 0) is 0 Å². The van der Waals surface area contributed by atoms with E-state index in [-0.39, 0.29) is 0 Å². The summed E-state index contributed by atoms with van der Waals surface area (Å²) in [6.45, 7) is 3.12. The molecule has 98 valence electrons. The van der Waals surface area contributed by atoms with Gasteiger partial charge in [0.1, 0.15) is 0 Å². The van der Waals surface area contributed by atoms with Gasteiger partial charge in [0.2, 0.25) is 5.91 Å². The van der Waals surface area contributed by atoms with Crippen LogP contribution in [-0.4, -0.2) is 25.5 Å². The Hall–Kier alpha value is -1.26. The van der Waals surface area contributed by atoms with E-state index in [1.807, 2.05) is 6.07 Å². The van der Waals surface area contributed by atoms with Gasteiger partial charge in [-0.25, -0.2) is 0 Å². The van der Waals surface area contributed by atoms with Gasteiger partial charge in [0.05, 0.1) is 10.6 Å². The summed E-state index contributed by atoms with van der Waals surface area (Å²) in [7, 11) is 0. The molecule has 0 spiro atoms. The Morgan fingerprint density at radius 2 is 2.17 bits per heavy atom. The normalized spacial score (nSPS) is 16.5. The third-order valence-corrected chi connectivity index (χ3v) is 3.60. The number of nitrogens with one attached hydrogen (secondary N) is 2. The van der Waals surface area contributed by atoms with Crippen LogP contribution in [0.4, 0.5) is 5.69 Å². The molecule has 1 amide bonds. The van der Waals surface area contributed by atoms with Crippen molar-refractivity contribution in [3.05, 3.63) is 28.8 Å². The number of piperidine rings is 1. The van der Waals surface area contributed by atoms with Gasteiger partial charge in [-0.3, -0.25) is 4.79 Å². The number of carbonyl (C=O) groups is 1. The lowest BCUT2D eigenvalue weighted by Crippen LogP contribution is -2.31. The lowest BCUT2D eigenvalue weighted by molar-refractivity contribution is 0.100. The molecule has 1 aliphatic rings. The number of primary amides is 1. The number of anilines is 1. The highest BCUT2D eigenvalue weighted by molar-refractivity contribution is 6.34. The van der Waals surface area contributed by atoms with Gasteiger partial charge in [-0.2, -0.15) is 0 Å². The minimum Gasteiger partial charge on any atom is -0.385 e. The SMILES string of the molecule is NC(=O)c1ccc(NCC2CCNCC2)cc1Cl. The summed E-state index contributed by atoms with van der Waals surface area (Å²) in [4.78, 5) is 11.0. The zero-order chi connectivity index (χ0) is 13.0. The fourth-order valence-corrected chi connectivity index (χ4v) is 2.45. The molecule has 4 N–H and O–H groups in total. The summed E-state index contributed by atoms with van der Waals surface area (Å²) >= 11 is 6.00. The molecule has 1 aromatic rings. The maximum Gasteiger partial charge on any atom is 0.250 e. The number of benzene rings is 1. The molecule has 5 heteroatoms. The number of rotatable bonds is 4. The first-order valence-electron chi connectivity index (χ1n) is 6.21. The molecule has 18 heavy (non-hydrogen) atoms. The molecule has 1 heterocycles. The first kappa shape index (κ1) is 13.2. The standard InChI is InChI=1S/C13H18ClN3O/c14-12-7-10(1-2-11(12)13(15)18)17-8-9-3-5-16-6-4-9/h1-2,7,9,16-17H,3-6,8H2,(H2,15,18). The molecule has 4 nitrogen and oxygen atoms in total. The molecule has 1 aliphatic heterocycles. The van der Waals surface area contributed by atoms with Gasteiger partial charge in [-0.05, 0) is 50.0 Å². The van der Waals surface area contributed by atoms with Crippen molar-refractivity contribution in [2.24, 2.45) is 11.7 Å². The highest BCUT2D eigenvalue weighted by Crippen LogP contribution is 2.21. The lowest BCUT2D eigenvalue weighted by Gasteiger charge is -2.23. The number of halogens is 1. The predicted molar refractivity (Wildman–Crippen MR) is 74.1 cm³/mol. The Bertz CT molecular complexity index is 430. The van der Waals surface area contributed by atoms with Crippen molar-refractivity contribution < 1.29 is 4.79 Å². The highest BCUT2D eigenvalue weighted by Gasteiger charge is 2.13. The summed E-state index contributed by atoms with van der Waals surface area (Å²) in [6.07, 6.45) is 2.39. The van der Waals surface area contributed by atoms with Crippen molar-refractivity contribution in [3.8, 4) is 0 Å². The number of carbonyl (C=O) groups excluding carboxylic acids is 1. The summed E-state index contributed by atoms with van der Waals surface area (Å²) in [5.74, 6) is 0.200. The molecular formula is C13H18ClN3O. The smallest absolute Gasteiger partial charge is 0.250 e. The van der Waals surface area contributed by atoms with E-state index in [4.69, 9.17) is 17.3 Å². The molecule has 1 fully saturated rings. The van der Waals surface area contributed by atoms with Gasteiger partial charge in [0, 0.05) is 12.2 Å². The number of amides is 1. The fourth-order valence-electron chi connectivity index (χ4n) is 2.17. The lowest BCUT2D eigenvalue weighted by atomic mass is 9.98. The van der Waals surface area contributed by atoms with Crippen LogP contribution in [0.5, 0.6) is 0 Å². The quantitative estimate of drug-likeness (QED) is 0.780. The molecule has 2 rings (SSSR count). The van der Waals surface area contributed by atoms with E-state index in [1.165, 1.54) is 12.8 Å². The maximum atomic E-state index is 11.0. The summed E-state index contributed by atoms with van der Waals surface area (Å²) in [5, 5.41) is 7.10. The fraction of sp³-hybridized carbons (Fsp3) is 0.462. The van der Waals surface area contributed by atoms with Crippen LogP contribution >= 0.6 is 11.6 Å². The van der Waals surface area contributed by atoms with Crippen molar-refractivity contribution in [2.75, 3.05) is 25.0 Å². The average Bonchev–Trinajstić information content (AvgIpc) is 2.37. The molecule has 1 saturated heterocycles. The Morgan fingerprint density at radius 3 is 2.78 bits per heavy atom. The first-order valence-corrected chi connectivity index (χ1v) is 6.58. The average molecular weight is 268 g/mol. The van der Waals surface area contributed by atoms with E-state index in [0.717, 1.165) is 25.3 Å². The van der Waals surface area contributed by atoms with Crippen molar-refractivity contribution in [1.29, 1.82) is 0 Å². The van der Waals surface area contributed by atoms with Gasteiger partial charge in [0.25, 0.3) is 0 Å². The minimum atomic E-state index is -0.495. The first-order chi connectivity index (χ1) is 8.66. The van der Waals surface area contributed by atoms with Crippen molar-refractivity contribution in [2.45, 2.75) is 12.8 Å². The number of hydrogen-bond donors (Lipinski definition) is 3. The van der Waals surface area contributed by atoms with Crippen LogP contribution in [0.1, 0.15) is 23.2 Å². The number of nitrogens with two attached hydrogens (primary N) is 1. The molecule has 0 bridgehead atoms. The zero-order valence-corrected chi connectivity index (χ0v) is 11.0. The molecular weight excluding hydrogens is 250 g/mol. The molecule has 1 aromatic carbocycles. The second-order valence-corrected chi connectivity index (χ2v) is 5.04. The second kappa shape index (κ2) is 6.07. The Kier molecular flexibility index (Phi) is 4.44. The summed E-state index contributed by atoms with van der Waals surface area (Å²) < 4.78 is 0. The predicted octanol–water partition coefficient (Wildman–Crippen LogP) is 1.85. The van der Waals surface area contributed by atoms with Gasteiger partial charge in [-0.1, -0.05) is 11.6 Å². The summed E-state index contributed by atoms with van der Waals surface area (Å²) in [6, 6.07) is 5.26. The van der Waals surface area contributed by atoms with Gasteiger partial charge in [-0.15, -0.1) is 0 Å². The molecule has 0 aromatic heterocycles. The van der Waals surface area contributed by atoms with Gasteiger partial charge >= 0.3 is 0 Å². The third kappa shape index (κ3) is 3.37. The van der Waals surface area contributed by atoms with E-state index < -0.39 is 5.91 Å². The van der Waals surface area contributed by atoms with Crippen LogP contribution < -0.4 is 16.4 Å². The van der Waals surface area contributed by atoms with Crippen molar-refractivity contribution >= 4 is 23.2 Å². The molecule has 0 atom stereocenters. The van der Waals surface area contributed by atoms with Crippen LogP contribution in [0.2, 0.25) is 5.02 Å². The maximum absolute atomic E-state index is 11.0. The molecule has 0 saturated carbocycles. The van der Waals surface area contributed by atoms with E-state index in [9.17, 15) is 4.79 Å². The molecule has 0 unspecified atom stereocenters. The number of hydrogen-bond acceptors (Lipinski definition) is 3. The van der Waals surface area contributed by atoms with Gasteiger partial charge < -0.3 is 16.4 Å². The van der Waals surface area contributed by atoms with Crippen LogP contribution in [0.3, 0.4) is 0 Å². The van der Waals surface area contributed by atoms with Crippen molar-refractivity contribution in [3.63, 3.8) is 0 Å². The van der Waals surface area contributed by atoms with E-state index in [0.29, 0.717) is 16.5 Å². The van der Waals surface area contributed by atoms with E-state index in [2.05, 4.69) is 10.6 Å². The zero-order valence-electron chi connectivity index (χ0n) is 10.2. The van der Waals surface area contributed by atoms with E-state index in [1.54, 1.807) is 12.1 Å². The van der Waals surface area contributed by atoms with Crippen LogP contribution in [0, 0.1) is 5.92 Å². The summed E-state index contributed by atoms with van der Waals surface area (Å²) in [5.41, 5.74) is 6.50.